The first kappa shape index (κ1) is 12.5. The highest BCUT2D eigenvalue weighted by Crippen LogP contribution is 2.20. The molecule has 0 atom stereocenters. The first-order valence-electron chi connectivity index (χ1n) is 5.04. The summed E-state index contributed by atoms with van der Waals surface area (Å²) in [6.45, 7) is -0.0221. The van der Waals surface area contributed by atoms with E-state index < -0.39 is 0 Å². The van der Waals surface area contributed by atoms with E-state index >= 15 is 0 Å². The van der Waals surface area contributed by atoms with Gasteiger partial charge < -0.3 is 14.6 Å². The van der Waals surface area contributed by atoms with Crippen LogP contribution in [0.4, 0.5) is 0 Å². The Bertz CT molecular complexity index is 534. The maximum absolute atomic E-state index is 8.92. The molecule has 0 fully saturated rings. The number of benzene rings is 1. The quantitative estimate of drug-likeness (QED) is 0.910. The summed E-state index contributed by atoms with van der Waals surface area (Å²) in [5.74, 6) is 0.525. The Kier molecular flexibility index (Phi) is 3.91. The van der Waals surface area contributed by atoms with E-state index in [2.05, 4.69) is 15.0 Å². The van der Waals surface area contributed by atoms with Crippen molar-refractivity contribution >= 4 is 11.6 Å². The normalized spacial score (nSPS) is 10.2. The van der Waals surface area contributed by atoms with E-state index in [-0.39, 0.29) is 23.9 Å². The number of aliphatic hydroxyl groups is 1. The monoisotopic (exact) mass is 267 g/mol. The van der Waals surface area contributed by atoms with Crippen molar-refractivity contribution in [1.29, 1.82) is 0 Å². The predicted octanol–water partition coefficient (Wildman–Crippen LogP) is 1.82. The molecule has 0 amide bonds. The van der Waals surface area contributed by atoms with Gasteiger partial charge in [-0.1, -0.05) is 12.1 Å². The van der Waals surface area contributed by atoms with Crippen molar-refractivity contribution in [2.75, 3.05) is 7.11 Å². The molecule has 0 spiro atoms. The van der Waals surface area contributed by atoms with E-state index in [1.165, 1.54) is 7.11 Å². The lowest BCUT2D eigenvalue weighted by molar-refractivity contribution is 0.281. The van der Waals surface area contributed by atoms with Crippen LogP contribution >= 0.6 is 11.6 Å². The Morgan fingerprint density at radius 2 is 1.78 bits per heavy atom. The van der Waals surface area contributed by atoms with Gasteiger partial charge in [0.1, 0.15) is 5.75 Å². The third kappa shape index (κ3) is 3.06. The van der Waals surface area contributed by atoms with Gasteiger partial charge in [-0.2, -0.15) is 9.97 Å². The fourth-order valence-electron chi connectivity index (χ4n) is 1.22. The maximum Gasteiger partial charge on any atom is 0.329 e. The van der Waals surface area contributed by atoms with Crippen LogP contribution in [0.3, 0.4) is 0 Å². The second-order valence-electron chi connectivity index (χ2n) is 3.28. The van der Waals surface area contributed by atoms with E-state index in [1.54, 1.807) is 24.3 Å². The highest BCUT2D eigenvalue weighted by Gasteiger charge is 2.07. The number of rotatable bonds is 4. The summed E-state index contributed by atoms with van der Waals surface area (Å²) in [5.41, 5.74) is 0.786. The summed E-state index contributed by atoms with van der Waals surface area (Å²) in [6, 6.07) is 6.97. The van der Waals surface area contributed by atoms with E-state index in [0.717, 1.165) is 5.56 Å². The van der Waals surface area contributed by atoms with Gasteiger partial charge in [0.15, 0.2) is 0 Å². The number of aromatic nitrogens is 3. The summed E-state index contributed by atoms with van der Waals surface area (Å²) in [7, 11) is 1.42. The Morgan fingerprint density at radius 3 is 2.39 bits per heavy atom. The first-order chi connectivity index (χ1) is 8.71. The lowest BCUT2D eigenvalue weighted by atomic mass is 10.2. The van der Waals surface area contributed by atoms with Gasteiger partial charge >= 0.3 is 12.0 Å². The van der Waals surface area contributed by atoms with Crippen LogP contribution in [0.2, 0.25) is 5.28 Å². The van der Waals surface area contributed by atoms with Crippen molar-refractivity contribution in [3.05, 3.63) is 35.1 Å². The minimum Gasteiger partial charge on any atom is -0.467 e. The van der Waals surface area contributed by atoms with Crippen LogP contribution in [0.1, 0.15) is 5.56 Å². The summed E-state index contributed by atoms with van der Waals surface area (Å²) < 4.78 is 10.2. The molecule has 0 saturated carbocycles. The molecule has 0 bridgehead atoms. The van der Waals surface area contributed by atoms with Crippen molar-refractivity contribution < 1.29 is 14.6 Å². The molecule has 1 heterocycles. The fourth-order valence-corrected chi connectivity index (χ4v) is 1.36. The molecule has 1 N–H and O–H groups in total. The molecule has 2 rings (SSSR count). The largest absolute Gasteiger partial charge is 0.467 e. The van der Waals surface area contributed by atoms with Gasteiger partial charge in [-0.3, -0.25) is 0 Å². The van der Waals surface area contributed by atoms with Crippen LogP contribution in [-0.2, 0) is 6.61 Å². The summed E-state index contributed by atoms with van der Waals surface area (Å²) in [4.78, 5) is 11.4. The van der Waals surface area contributed by atoms with Crippen molar-refractivity contribution in [3.63, 3.8) is 0 Å². The SMILES string of the molecule is COc1nc(Cl)nc(Oc2ccc(CO)cc2)n1. The second kappa shape index (κ2) is 5.61. The Balaban J connectivity index is 2.19. The molecule has 1 aromatic carbocycles. The third-order valence-corrected chi connectivity index (χ3v) is 2.23. The highest BCUT2D eigenvalue weighted by molar-refractivity contribution is 6.28. The lowest BCUT2D eigenvalue weighted by Gasteiger charge is -2.05. The predicted molar refractivity (Wildman–Crippen MR) is 63.8 cm³/mol. The average molecular weight is 268 g/mol. The summed E-state index contributed by atoms with van der Waals surface area (Å²) >= 11 is 5.69. The summed E-state index contributed by atoms with van der Waals surface area (Å²) in [6.07, 6.45) is 0. The molecule has 0 aliphatic carbocycles. The minimum atomic E-state index is -0.0221. The minimum absolute atomic E-state index is 0.0103. The zero-order chi connectivity index (χ0) is 13.0. The molecule has 0 saturated heterocycles. The fraction of sp³-hybridized carbons (Fsp3) is 0.182. The van der Waals surface area contributed by atoms with Gasteiger partial charge in [0.2, 0.25) is 5.28 Å². The van der Waals surface area contributed by atoms with Gasteiger partial charge in [0.25, 0.3) is 0 Å². The Morgan fingerprint density at radius 1 is 1.11 bits per heavy atom. The molecule has 1 aromatic heterocycles. The van der Waals surface area contributed by atoms with Gasteiger partial charge in [0.05, 0.1) is 13.7 Å². The molecule has 18 heavy (non-hydrogen) atoms. The first-order valence-corrected chi connectivity index (χ1v) is 5.42. The number of ether oxygens (including phenoxy) is 2. The maximum atomic E-state index is 8.92. The van der Waals surface area contributed by atoms with E-state index in [1.807, 2.05) is 0 Å². The average Bonchev–Trinajstić information content (AvgIpc) is 2.39. The van der Waals surface area contributed by atoms with Crippen LogP contribution < -0.4 is 9.47 Å². The van der Waals surface area contributed by atoms with Gasteiger partial charge in [-0.15, -0.1) is 4.98 Å². The number of aliphatic hydroxyl groups excluding tert-OH is 1. The molecule has 2 aromatic rings. The number of hydrogen-bond acceptors (Lipinski definition) is 6. The molecule has 6 nitrogen and oxygen atoms in total. The second-order valence-corrected chi connectivity index (χ2v) is 3.62. The molecule has 0 aliphatic rings. The van der Waals surface area contributed by atoms with Crippen molar-refractivity contribution in [1.82, 2.24) is 15.0 Å². The zero-order valence-electron chi connectivity index (χ0n) is 9.50. The van der Waals surface area contributed by atoms with Crippen LogP contribution in [0.5, 0.6) is 17.8 Å². The highest BCUT2D eigenvalue weighted by atomic mass is 35.5. The summed E-state index contributed by atoms with van der Waals surface area (Å²) in [5, 5.41) is 8.90. The Hall–Kier alpha value is -1.92. The van der Waals surface area contributed by atoms with Crippen LogP contribution in [0.15, 0.2) is 24.3 Å². The molecule has 94 valence electrons. The molecule has 0 aliphatic heterocycles. The smallest absolute Gasteiger partial charge is 0.329 e. The molecular formula is C11H10ClN3O3. The van der Waals surface area contributed by atoms with Gasteiger partial charge in [-0.05, 0) is 29.3 Å². The Labute approximate surface area is 108 Å². The molecule has 0 radical (unpaired) electrons. The van der Waals surface area contributed by atoms with Crippen molar-refractivity contribution in [2.24, 2.45) is 0 Å². The van der Waals surface area contributed by atoms with Crippen molar-refractivity contribution in [3.8, 4) is 17.8 Å². The van der Waals surface area contributed by atoms with Crippen LogP contribution in [0.25, 0.3) is 0 Å². The molecule has 0 unspecified atom stereocenters. The third-order valence-electron chi connectivity index (χ3n) is 2.06. The standard InChI is InChI=1S/C11H10ClN3O3/c1-17-10-13-9(12)14-11(15-10)18-8-4-2-7(6-16)3-5-8/h2-5,16H,6H2,1H3. The van der Waals surface area contributed by atoms with Crippen LogP contribution in [-0.4, -0.2) is 27.2 Å². The van der Waals surface area contributed by atoms with Gasteiger partial charge in [-0.25, -0.2) is 0 Å². The number of hydrogen-bond donors (Lipinski definition) is 1. The molecular weight excluding hydrogens is 258 g/mol. The lowest BCUT2D eigenvalue weighted by Crippen LogP contribution is -1.98. The topological polar surface area (TPSA) is 77.4 Å². The molecule has 7 heteroatoms. The van der Waals surface area contributed by atoms with Gasteiger partial charge in [0, 0.05) is 0 Å². The number of nitrogens with zero attached hydrogens (tertiary/aromatic N) is 3. The van der Waals surface area contributed by atoms with E-state index in [4.69, 9.17) is 26.2 Å². The van der Waals surface area contributed by atoms with Crippen LogP contribution in [0, 0.1) is 0 Å². The zero-order valence-corrected chi connectivity index (χ0v) is 10.3. The van der Waals surface area contributed by atoms with E-state index in [9.17, 15) is 0 Å². The number of methoxy groups -OCH3 is 1. The number of halogens is 1. The van der Waals surface area contributed by atoms with Crippen molar-refractivity contribution in [2.45, 2.75) is 6.61 Å². The van der Waals surface area contributed by atoms with E-state index in [0.29, 0.717) is 5.75 Å².